The molecule has 0 bridgehead atoms. The molecule has 3 rings (SSSR count). The Balaban J connectivity index is 0. The zero-order valence-electron chi connectivity index (χ0n) is 17.3. The maximum atomic E-state index is 10.3. The van der Waals surface area contributed by atoms with E-state index in [1.54, 1.807) is 24.3 Å². The molecule has 1 radical (unpaired) electrons. The van der Waals surface area contributed by atoms with Gasteiger partial charge in [0.1, 0.15) is 0 Å². The molecule has 0 aromatic heterocycles. The third-order valence-corrected chi connectivity index (χ3v) is 3.90. The molecule has 0 saturated heterocycles. The molecule has 0 heterocycles. The predicted octanol–water partition coefficient (Wildman–Crippen LogP) is 5.71. The van der Waals surface area contributed by atoms with Crippen LogP contribution in [0.15, 0.2) is 72.8 Å². The van der Waals surface area contributed by atoms with Crippen molar-refractivity contribution in [2.24, 2.45) is 0 Å². The van der Waals surface area contributed by atoms with Gasteiger partial charge in [0.05, 0.1) is 16.7 Å². The molecular weight excluding hydrogens is 455 g/mol. The Morgan fingerprint density at radius 2 is 0.625 bits per heavy atom. The van der Waals surface area contributed by atoms with Gasteiger partial charge in [-0.1, -0.05) is 60.5 Å². The summed E-state index contributed by atoms with van der Waals surface area (Å²) in [4.78, 5) is 31.0. The molecule has 0 amide bonds. The summed E-state index contributed by atoms with van der Waals surface area (Å²) < 4.78 is 0. The van der Waals surface area contributed by atoms with Gasteiger partial charge in [-0.25, -0.2) is 14.4 Å². The minimum absolute atomic E-state index is 0. The molecule has 0 saturated carbocycles. The van der Waals surface area contributed by atoms with E-state index in [0.29, 0.717) is 5.56 Å². The van der Waals surface area contributed by atoms with Gasteiger partial charge in [-0.05, 0) is 57.2 Å². The van der Waals surface area contributed by atoms with Gasteiger partial charge >= 0.3 is 17.9 Å². The number of rotatable bonds is 3. The van der Waals surface area contributed by atoms with Crippen LogP contribution in [0.3, 0.4) is 0 Å². The standard InChI is InChI=1S/C8H6O4.C8H8O2.C8H10.CH4.Co/c9-7(10)5-1-2-6(4-3-5)8(11)12;1-6-2-4-7(5-3-6)8(9)10;1-7-3-5-8(2)6-4-7;;/h1-4H,(H,9,10)(H,11,12);2-5H,1H3,(H,9,10);3-6H,1-2H3;1H4;. The van der Waals surface area contributed by atoms with Gasteiger partial charge in [0, 0.05) is 16.8 Å². The molecule has 0 atom stereocenters. The van der Waals surface area contributed by atoms with E-state index in [1.807, 2.05) is 6.92 Å². The first kappa shape index (κ1) is 30.8. The predicted molar refractivity (Wildman–Crippen MR) is 121 cm³/mol. The van der Waals surface area contributed by atoms with Crippen LogP contribution < -0.4 is 0 Å². The molecule has 0 unspecified atom stereocenters. The molecule has 6 nitrogen and oxygen atoms in total. The minimum Gasteiger partial charge on any atom is -0.478 e. The van der Waals surface area contributed by atoms with Crippen LogP contribution in [0.1, 0.15) is 55.2 Å². The van der Waals surface area contributed by atoms with Crippen LogP contribution in [0, 0.1) is 20.8 Å². The maximum Gasteiger partial charge on any atom is 0.335 e. The van der Waals surface area contributed by atoms with Crippen LogP contribution in [0.5, 0.6) is 0 Å². The minimum atomic E-state index is -1.06. The summed E-state index contributed by atoms with van der Waals surface area (Å²) in [7, 11) is 0. The van der Waals surface area contributed by atoms with E-state index in [-0.39, 0.29) is 35.3 Å². The van der Waals surface area contributed by atoms with Crippen molar-refractivity contribution in [3.05, 3.63) is 106 Å². The summed E-state index contributed by atoms with van der Waals surface area (Å²) in [5.74, 6) is -3.00. The molecule has 3 N–H and O–H groups in total. The van der Waals surface area contributed by atoms with Gasteiger partial charge in [-0.3, -0.25) is 0 Å². The number of aromatic carboxylic acids is 3. The van der Waals surface area contributed by atoms with E-state index in [4.69, 9.17) is 15.3 Å². The second kappa shape index (κ2) is 15.4. The molecule has 32 heavy (non-hydrogen) atoms. The fourth-order valence-electron chi connectivity index (χ4n) is 2.09. The number of carbonyl (C=O) groups is 3. The number of carboxylic acid groups (broad SMARTS) is 3. The molecular formula is C25H28CoO6. The summed E-state index contributed by atoms with van der Waals surface area (Å²) in [5.41, 5.74) is 4.24. The Labute approximate surface area is 198 Å². The number of carboxylic acids is 3. The van der Waals surface area contributed by atoms with Crippen molar-refractivity contribution >= 4 is 17.9 Å². The van der Waals surface area contributed by atoms with Gasteiger partial charge in [0.15, 0.2) is 0 Å². The average molecular weight is 483 g/mol. The van der Waals surface area contributed by atoms with E-state index < -0.39 is 17.9 Å². The molecule has 3 aromatic rings. The van der Waals surface area contributed by atoms with Crippen molar-refractivity contribution in [3.63, 3.8) is 0 Å². The molecule has 3 aromatic carbocycles. The summed E-state index contributed by atoms with van der Waals surface area (Å²) in [6, 6.07) is 20.3. The zero-order valence-corrected chi connectivity index (χ0v) is 18.4. The van der Waals surface area contributed by atoms with E-state index in [0.717, 1.165) is 5.56 Å². The Morgan fingerprint density at radius 1 is 0.469 bits per heavy atom. The van der Waals surface area contributed by atoms with Crippen molar-refractivity contribution < 1.29 is 46.5 Å². The number of benzene rings is 3. The quantitative estimate of drug-likeness (QED) is 0.440. The van der Waals surface area contributed by atoms with Crippen molar-refractivity contribution in [2.75, 3.05) is 0 Å². The van der Waals surface area contributed by atoms with Gasteiger partial charge in [-0.2, -0.15) is 0 Å². The number of aryl methyl sites for hydroxylation is 3. The Kier molecular flexibility index (Phi) is 14.8. The monoisotopic (exact) mass is 483 g/mol. The van der Waals surface area contributed by atoms with E-state index in [9.17, 15) is 14.4 Å². The summed E-state index contributed by atoms with van der Waals surface area (Å²) in [6.07, 6.45) is 0. The van der Waals surface area contributed by atoms with E-state index in [2.05, 4.69) is 38.1 Å². The van der Waals surface area contributed by atoms with Crippen molar-refractivity contribution in [1.29, 1.82) is 0 Å². The smallest absolute Gasteiger partial charge is 0.335 e. The molecule has 0 aliphatic heterocycles. The SMILES string of the molecule is C.Cc1ccc(C(=O)O)cc1.Cc1ccc(C)cc1.O=C(O)c1ccc(C(=O)O)cc1.[Co]. The molecule has 0 fully saturated rings. The van der Waals surface area contributed by atoms with Gasteiger partial charge in [0.25, 0.3) is 0 Å². The third-order valence-electron chi connectivity index (χ3n) is 3.90. The Hall–Kier alpha value is -3.42. The second-order valence-electron chi connectivity index (χ2n) is 6.51. The molecule has 7 heteroatoms. The van der Waals surface area contributed by atoms with Crippen LogP contribution in [0.4, 0.5) is 0 Å². The maximum absolute atomic E-state index is 10.3. The van der Waals surface area contributed by atoms with Crippen molar-refractivity contribution in [1.82, 2.24) is 0 Å². The first-order chi connectivity index (χ1) is 14.1. The normalized spacial score (nSPS) is 8.72. The van der Waals surface area contributed by atoms with Gasteiger partial charge < -0.3 is 15.3 Å². The third kappa shape index (κ3) is 11.7. The van der Waals surface area contributed by atoms with E-state index >= 15 is 0 Å². The first-order valence-corrected chi connectivity index (χ1v) is 9.00. The van der Waals surface area contributed by atoms with Crippen LogP contribution >= 0.6 is 0 Å². The average Bonchev–Trinajstić information content (AvgIpc) is 2.71. The Bertz CT molecular complexity index is 924. The van der Waals surface area contributed by atoms with Crippen molar-refractivity contribution in [3.8, 4) is 0 Å². The summed E-state index contributed by atoms with van der Waals surface area (Å²) in [6.45, 7) is 6.12. The zero-order chi connectivity index (χ0) is 22.7. The fourth-order valence-corrected chi connectivity index (χ4v) is 2.09. The summed E-state index contributed by atoms with van der Waals surface area (Å²) in [5, 5.41) is 25.4. The van der Waals surface area contributed by atoms with Crippen molar-refractivity contribution in [2.45, 2.75) is 28.2 Å². The topological polar surface area (TPSA) is 112 Å². The van der Waals surface area contributed by atoms with Gasteiger partial charge in [0.2, 0.25) is 0 Å². The molecule has 0 aliphatic rings. The number of hydrogen-bond acceptors (Lipinski definition) is 3. The molecule has 173 valence electrons. The summed E-state index contributed by atoms with van der Waals surface area (Å²) >= 11 is 0. The van der Waals surface area contributed by atoms with Gasteiger partial charge in [-0.15, -0.1) is 0 Å². The van der Waals surface area contributed by atoms with Crippen LogP contribution in [0.25, 0.3) is 0 Å². The largest absolute Gasteiger partial charge is 0.478 e. The molecule has 0 spiro atoms. The second-order valence-corrected chi connectivity index (χ2v) is 6.51. The molecule has 0 aliphatic carbocycles. The van der Waals surface area contributed by atoms with Crippen LogP contribution in [0.2, 0.25) is 0 Å². The number of hydrogen-bond donors (Lipinski definition) is 3. The fraction of sp³-hybridized carbons (Fsp3) is 0.160. The first-order valence-electron chi connectivity index (χ1n) is 9.00. The van der Waals surface area contributed by atoms with Crippen LogP contribution in [-0.4, -0.2) is 33.2 Å². The van der Waals surface area contributed by atoms with Crippen LogP contribution in [-0.2, 0) is 16.8 Å². The Morgan fingerprint density at radius 3 is 0.812 bits per heavy atom. The van der Waals surface area contributed by atoms with E-state index in [1.165, 1.54) is 35.4 Å².